The van der Waals surface area contributed by atoms with Crippen molar-refractivity contribution in [2.24, 2.45) is 16.6 Å². The number of nitrogens with one attached hydrogen (secondary N) is 1. The van der Waals surface area contributed by atoms with E-state index in [4.69, 9.17) is 5.73 Å². The van der Waals surface area contributed by atoms with Gasteiger partial charge in [-0.25, -0.2) is 9.98 Å². The molecule has 0 spiro atoms. The summed E-state index contributed by atoms with van der Waals surface area (Å²) in [4.78, 5) is 10.1. The zero-order chi connectivity index (χ0) is 15.1. The van der Waals surface area contributed by atoms with Crippen LogP contribution in [0.2, 0.25) is 0 Å². The van der Waals surface area contributed by atoms with Gasteiger partial charge in [-0.1, -0.05) is 26.7 Å². The second-order valence-electron chi connectivity index (χ2n) is 5.81. The molecule has 0 amide bonds. The number of aryl methyl sites for hydroxylation is 2. The van der Waals surface area contributed by atoms with Gasteiger partial charge in [0.15, 0.2) is 5.96 Å². The van der Waals surface area contributed by atoms with Gasteiger partial charge in [0.25, 0.3) is 0 Å². The number of hydrogen-bond donors (Lipinski definition) is 2. The standard InChI is InChI=1S/C15H28N4S.HI/c1-10(2)7-6-8-11(3)18-15(16)17-9-14-12(4)20-13(5)19-14;/h10-11H,6-9H2,1-5H3,(H3,16,17,18);1H. The Balaban J connectivity index is 0.00000400. The Hall–Kier alpha value is -0.370. The molecule has 4 nitrogen and oxygen atoms in total. The van der Waals surface area contributed by atoms with Crippen molar-refractivity contribution in [3.8, 4) is 0 Å². The minimum Gasteiger partial charge on any atom is -0.370 e. The first-order valence-corrected chi connectivity index (χ1v) is 8.19. The van der Waals surface area contributed by atoms with E-state index >= 15 is 0 Å². The van der Waals surface area contributed by atoms with E-state index in [-0.39, 0.29) is 24.0 Å². The van der Waals surface area contributed by atoms with Gasteiger partial charge in [-0.15, -0.1) is 35.3 Å². The fourth-order valence-electron chi connectivity index (χ4n) is 2.08. The molecule has 0 saturated carbocycles. The molecule has 0 aliphatic carbocycles. The molecule has 1 heterocycles. The lowest BCUT2D eigenvalue weighted by Gasteiger charge is -2.14. The number of aliphatic imine (C=N–C) groups is 1. The average Bonchev–Trinajstić information content (AvgIpc) is 2.64. The fourth-order valence-corrected chi connectivity index (χ4v) is 2.91. The highest BCUT2D eigenvalue weighted by molar-refractivity contribution is 14.0. The van der Waals surface area contributed by atoms with Crippen molar-refractivity contribution in [3.05, 3.63) is 15.6 Å². The molecular formula is C15H29IN4S. The lowest BCUT2D eigenvalue weighted by Crippen LogP contribution is -2.38. The number of halogens is 1. The third-order valence-electron chi connectivity index (χ3n) is 3.21. The first kappa shape index (κ1) is 20.6. The van der Waals surface area contributed by atoms with Crippen molar-refractivity contribution in [3.63, 3.8) is 0 Å². The summed E-state index contributed by atoms with van der Waals surface area (Å²) in [5.41, 5.74) is 6.96. The van der Waals surface area contributed by atoms with Crippen LogP contribution in [0.25, 0.3) is 0 Å². The lowest BCUT2D eigenvalue weighted by atomic mass is 10.0. The molecule has 0 aliphatic rings. The molecule has 3 N–H and O–H groups in total. The van der Waals surface area contributed by atoms with E-state index in [0.29, 0.717) is 18.5 Å². The van der Waals surface area contributed by atoms with Crippen LogP contribution in [-0.2, 0) is 6.54 Å². The van der Waals surface area contributed by atoms with E-state index in [0.717, 1.165) is 23.0 Å². The van der Waals surface area contributed by atoms with Crippen LogP contribution in [0.3, 0.4) is 0 Å². The summed E-state index contributed by atoms with van der Waals surface area (Å²) in [6.07, 6.45) is 3.62. The number of nitrogens with two attached hydrogens (primary N) is 1. The van der Waals surface area contributed by atoms with Gasteiger partial charge in [0.05, 0.1) is 17.2 Å². The molecule has 1 unspecified atom stereocenters. The first-order valence-electron chi connectivity index (χ1n) is 7.37. The lowest BCUT2D eigenvalue weighted by molar-refractivity contribution is 0.493. The van der Waals surface area contributed by atoms with Gasteiger partial charge in [-0.2, -0.15) is 0 Å². The molecule has 0 saturated heterocycles. The predicted molar refractivity (Wildman–Crippen MR) is 104 cm³/mol. The molecule has 1 aromatic heterocycles. The minimum absolute atomic E-state index is 0. The molecular weight excluding hydrogens is 395 g/mol. The molecule has 1 atom stereocenters. The summed E-state index contributed by atoms with van der Waals surface area (Å²) in [5.74, 6) is 1.29. The summed E-state index contributed by atoms with van der Waals surface area (Å²) in [6.45, 7) is 11.3. The van der Waals surface area contributed by atoms with Gasteiger partial charge in [0.1, 0.15) is 0 Å². The van der Waals surface area contributed by atoms with E-state index in [1.165, 1.54) is 17.7 Å². The molecule has 0 aliphatic heterocycles. The van der Waals surface area contributed by atoms with Gasteiger partial charge in [0.2, 0.25) is 0 Å². The SMILES string of the molecule is Cc1nc(CN=C(N)NC(C)CCCC(C)C)c(C)s1.I. The largest absolute Gasteiger partial charge is 0.370 e. The number of hydrogen-bond acceptors (Lipinski definition) is 3. The third kappa shape index (κ3) is 8.60. The maximum atomic E-state index is 5.93. The van der Waals surface area contributed by atoms with Crippen LogP contribution in [0.1, 0.15) is 55.6 Å². The summed E-state index contributed by atoms with van der Waals surface area (Å²) < 4.78 is 0. The summed E-state index contributed by atoms with van der Waals surface area (Å²) in [6, 6.07) is 0.371. The van der Waals surface area contributed by atoms with Crippen LogP contribution in [0.4, 0.5) is 0 Å². The highest BCUT2D eigenvalue weighted by atomic mass is 127. The van der Waals surface area contributed by atoms with Crippen molar-refractivity contribution in [1.29, 1.82) is 0 Å². The maximum Gasteiger partial charge on any atom is 0.189 e. The highest BCUT2D eigenvalue weighted by Gasteiger charge is 2.06. The molecule has 0 aromatic carbocycles. The van der Waals surface area contributed by atoms with E-state index in [2.05, 4.69) is 43.0 Å². The first-order chi connectivity index (χ1) is 9.38. The summed E-state index contributed by atoms with van der Waals surface area (Å²) >= 11 is 1.71. The molecule has 6 heteroatoms. The number of guanidine groups is 1. The van der Waals surface area contributed by atoms with Gasteiger partial charge in [-0.05, 0) is 33.1 Å². The Labute approximate surface area is 150 Å². The number of nitrogens with zero attached hydrogens (tertiary/aromatic N) is 2. The molecule has 1 rings (SSSR count). The predicted octanol–water partition coefficient (Wildman–Crippen LogP) is 4.00. The van der Waals surface area contributed by atoms with Crippen LogP contribution >= 0.6 is 35.3 Å². The number of aromatic nitrogens is 1. The van der Waals surface area contributed by atoms with E-state index in [1.807, 2.05) is 6.92 Å². The number of rotatable bonds is 7. The molecule has 0 radical (unpaired) electrons. The fraction of sp³-hybridized carbons (Fsp3) is 0.733. The molecule has 122 valence electrons. The third-order valence-corrected chi connectivity index (χ3v) is 4.14. The topological polar surface area (TPSA) is 63.3 Å². The maximum absolute atomic E-state index is 5.93. The average molecular weight is 424 g/mol. The van der Waals surface area contributed by atoms with Gasteiger partial charge < -0.3 is 11.1 Å². The minimum atomic E-state index is 0. The van der Waals surface area contributed by atoms with Gasteiger partial charge in [-0.3, -0.25) is 0 Å². The van der Waals surface area contributed by atoms with Crippen LogP contribution in [0, 0.1) is 19.8 Å². The van der Waals surface area contributed by atoms with Gasteiger partial charge in [0, 0.05) is 10.9 Å². The van der Waals surface area contributed by atoms with Crippen molar-refractivity contribution in [2.75, 3.05) is 0 Å². The quantitative estimate of drug-likeness (QED) is 0.395. The van der Waals surface area contributed by atoms with Crippen LogP contribution in [-0.4, -0.2) is 17.0 Å². The summed E-state index contributed by atoms with van der Waals surface area (Å²) in [7, 11) is 0. The smallest absolute Gasteiger partial charge is 0.189 e. The Kier molecular flexibility index (Phi) is 10.2. The van der Waals surface area contributed by atoms with Crippen molar-refractivity contribution >= 4 is 41.3 Å². The Bertz CT molecular complexity index is 443. The van der Waals surface area contributed by atoms with Crippen molar-refractivity contribution in [1.82, 2.24) is 10.3 Å². The van der Waals surface area contributed by atoms with Crippen molar-refractivity contribution < 1.29 is 0 Å². The zero-order valence-electron chi connectivity index (χ0n) is 13.8. The molecule has 21 heavy (non-hydrogen) atoms. The Morgan fingerprint density at radius 3 is 2.48 bits per heavy atom. The number of thiazole rings is 1. The van der Waals surface area contributed by atoms with Crippen LogP contribution in [0.15, 0.2) is 4.99 Å². The Morgan fingerprint density at radius 1 is 1.29 bits per heavy atom. The van der Waals surface area contributed by atoms with E-state index in [9.17, 15) is 0 Å². The highest BCUT2D eigenvalue weighted by Crippen LogP contribution is 2.16. The molecule has 1 aromatic rings. The molecule has 0 bridgehead atoms. The van der Waals surface area contributed by atoms with Gasteiger partial charge >= 0.3 is 0 Å². The van der Waals surface area contributed by atoms with Crippen LogP contribution < -0.4 is 11.1 Å². The van der Waals surface area contributed by atoms with E-state index < -0.39 is 0 Å². The van der Waals surface area contributed by atoms with E-state index in [1.54, 1.807) is 11.3 Å². The Morgan fingerprint density at radius 2 is 1.95 bits per heavy atom. The second-order valence-corrected chi connectivity index (χ2v) is 7.21. The van der Waals surface area contributed by atoms with Crippen molar-refractivity contribution in [2.45, 2.75) is 66.5 Å². The molecule has 0 fully saturated rings. The summed E-state index contributed by atoms with van der Waals surface area (Å²) in [5, 5.41) is 4.34. The second kappa shape index (κ2) is 10.4. The zero-order valence-corrected chi connectivity index (χ0v) is 16.9. The van der Waals surface area contributed by atoms with Crippen LogP contribution in [0.5, 0.6) is 0 Å². The monoisotopic (exact) mass is 424 g/mol. The normalized spacial score (nSPS) is 13.1.